The van der Waals surface area contributed by atoms with Gasteiger partial charge in [-0.1, -0.05) is 31.9 Å². The van der Waals surface area contributed by atoms with Gasteiger partial charge in [-0.2, -0.15) is 0 Å². The minimum absolute atomic E-state index is 0.312. The highest BCUT2D eigenvalue weighted by molar-refractivity contribution is 5.89. The number of anilines is 1. The molecule has 0 aromatic heterocycles. The fourth-order valence-electron chi connectivity index (χ4n) is 6.24. The first-order valence-corrected chi connectivity index (χ1v) is 13.6. The van der Waals surface area contributed by atoms with E-state index in [1.807, 2.05) is 39.8 Å². The molecule has 0 bridgehead atoms. The summed E-state index contributed by atoms with van der Waals surface area (Å²) in [5, 5.41) is 6.05. The van der Waals surface area contributed by atoms with E-state index in [1.165, 1.54) is 44.1 Å². The first kappa shape index (κ1) is 25.9. The molecule has 4 fully saturated rings. The maximum Gasteiger partial charge on any atom is 0.319 e. The molecule has 1 saturated carbocycles. The first-order valence-electron chi connectivity index (χ1n) is 13.6. The highest BCUT2D eigenvalue weighted by atomic mass is 16.8. The first-order chi connectivity index (χ1) is 17.1. The van der Waals surface area contributed by atoms with Gasteiger partial charge in [-0.05, 0) is 82.9 Å². The van der Waals surface area contributed by atoms with Crippen LogP contribution in [-0.2, 0) is 23.7 Å². The maximum absolute atomic E-state index is 13.0. The Balaban J connectivity index is 1.20. The lowest BCUT2D eigenvalue weighted by molar-refractivity contribution is -0.223. The summed E-state index contributed by atoms with van der Waals surface area (Å²) in [5.74, 6) is 0.0337. The molecule has 2 amide bonds. The molecule has 2 N–H and O–H groups in total. The molecule has 0 spiro atoms. The molecule has 3 saturated heterocycles. The summed E-state index contributed by atoms with van der Waals surface area (Å²) in [6.07, 6.45) is 5.99. The van der Waals surface area contributed by atoms with E-state index in [-0.39, 0.29) is 12.1 Å². The van der Waals surface area contributed by atoms with Gasteiger partial charge in [0, 0.05) is 5.69 Å². The molecular weight excluding hydrogens is 460 g/mol. The van der Waals surface area contributed by atoms with Gasteiger partial charge < -0.3 is 34.3 Å². The van der Waals surface area contributed by atoms with Crippen LogP contribution in [0.2, 0.25) is 0 Å². The number of hydrogen-bond donors (Lipinski definition) is 2. The van der Waals surface area contributed by atoms with Gasteiger partial charge >= 0.3 is 6.03 Å². The minimum atomic E-state index is -0.783. The number of rotatable bonds is 6. The second-order valence-corrected chi connectivity index (χ2v) is 11.7. The Morgan fingerprint density at radius 1 is 0.944 bits per heavy atom. The molecule has 3 aliphatic heterocycles. The van der Waals surface area contributed by atoms with Gasteiger partial charge in [0.1, 0.15) is 18.3 Å². The SMILES string of the molecule is CCCC1CCC(c2ccc(NC(=O)N[C@H]3[C@H]4OC(C)(C)O[C@H]4O[C@@H]3[C@H]3COC(C)(C)O3)cc2)CC1. The number of urea groups is 1. The summed E-state index contributed by atoms with van der Waals surface area (Å²) in [6.45, 7) is 10.1. The molecule has 8 nitrogen and oxygen atoms in total. The summed E-state index contributed by atoms with van der Waals surface area (Å²) in [7, 11) is 0. The summed E-state index contributed by atoms with van der Waals surface area (Å²) < 4.78 is 30.0. The van der Waals surface area contributed by atoms with Crippen LogP contribution < -0.4 is 10.6 Å². The van der Waals surface area contributed by atoms with Gasteiger partial charge in [-0.3, -0.25) is 0 Å². The number of amides is 2. The van der Waals surface area contributed by atoms with E-state index in [0.29, 0.717) is 12.5 Å². The van der Waals surface area contributed by atoms with Crippen LogP contribution in [0.5, 0.6) is 0 Å². The quantitative estimate of drug-likeness (QED) is 0.551. The Kier molecular flexibility index (Phi) is 7.36. The highest BCUT2D eigenvalue weighted by Crippen LogP contribution is 2.41. The van der Waals surface area contributed by atoms with Crippen LogP contribution in [0.1, 0.15) is 84.6 Å². The Morgan fingerprint density at radius 3 is 2.31 bits per heavy atom. The van der Waals surface area contributed by atoms with E-state index in [1.54, 1.807) is 0 Å². The molecule has 3 heterocycles. The van der Waals surface area contributed by atoms with E-state index in [0.717, 1.165) is 11.6 Å². The number of carbonyl (C=O) groups is 1. The van der Waals surface area contributed by atoms with E-state index < -0.39 is 36.1 Å². The van der Waals surface area contributed by atoms with Crippen LogP contribution in [-0.4, -0.2) is 54.9 Å². The van der Waals surface area contributed by atoms with Gasteiger partial charge in [0.05, 0.1) is 12.6 Å². The van der Waals surface area contributed by atoms with Crippen molar-refractivity contribution in [2.75, 3.05) is 11.9 Å². The van der Waals surface area contributed by atoms with Gasteiger partial charge in [-0.25, -0.2) is 4.79 Å². The molecule has 5 rings (SSSR count). The average Bonchev–Trinajstić information content (AvgIpc) is 3.44. The monoisotopic (exact) mass is 502 g/mol. The average molecular weight is 503 g/mol. The van der Waals surface area contributed by atoms with Crippen LogP contribution in [0.25, 0.3) is 0 Å². The molecule has 8 heteroatoms. The largest absolute Gasteiger partial charge is 0.348 e. The Hall–Kier alpha value is -1.71. The Labute approximate surface area is 214 Å². The number of benzene rings is 1. The zero-order valence-corrected chi connectivity index (χ0v) is 22.3. The predicted molar refractivity (Wildman–Crippen MR) is 136 cm³/mol. The van der Waals surface area contributed by atoms with Gasteiger partial charge in [0.15, 0.2) is 17.9 Å². The summed E-state index contributed by atoms with van der Waals surface area (Å²) >= 11 is 0. The highest BCUT2D eigenvalue weighted by Gasteiger charge is 2.58. The van der Waals surface area contributed by atoms with Crippen molar-refractivity contribution >= 4 is 11.7 Å². The molecule has 0 unspecified atom stereocenters. The normalized spacial score (nSPS) is 37.0. The second kappa shape index (κ2) is 10.2. The molecule has 36 heavy (non-hydrogen) atoms. The minimum Gasteiger partial charge on any atom is -0.348 e. The van der Waals surface area contributed by atoms with E-state index >= 15 is 0 Å². The summed E-state index contributed by atoms with van der Waals surface area (Å²) in [6, 6.07) is 7.53. The number of ether oxygens (including phenoxy) is 5. The number of fused-ring (bicyclic) bond motifs is 1. The second-order valence-electron chi connectivity index (χ2n) is 11.7. The van der Waals surface area contributed by atoms with Crippen molar-refractivity contribution in [3.63, 3.8) is 0 Å². The lowest BCUT2D eigenvalue weighted by Gasteiger charge is -2.29. The molecule has 5 atom stereocenters. The number of nitrogens with one attached hydrogen (secondary N) is 2. The topological polar surface area (TPSA) is 87.3 Å². The van der Waals surface area contributed by atoms with E-state index in [9.17, 15) is 4.79 Å². The van der Waals surface area contributed by atoms with Crippen molar-refractivity contribution in [3.05, 3.63) is 29.8 Å². The fourth-order valence-corrected chi connectivity index (χ4v) is 6.24. The zero-order chi connectivity index (χ0) is 25.5. The molecule has 4 aliphatic rings. The van der Waals surface area contributed by atoms with Crippen LogP contribution in [0.4, 0.5) is 10.5 Å². The van der Waals surface area contributed by atoms with Crippen molar-refractivity contribution in [2.45, 2.75) is 121 Å². The number of hydrogen-bond acceptors (Lipinski definition) is 6. The van der Waals surface area contributed by atoms with E-state index in [4.69, 9.17) is 23.7 Å². The van der Waals surface area contributed by atoms with Gasteiger partial charge in [-0.15, -0.1) is 0 Å². The number of carbonyl (C=O) groups excluding carboxylic acids is 1. The van der Waals surface area contributed by atoms with Crippen LogP contribution in [0.15, 0.2) is 24.3 Å². The van der Waals surface area contributed by atoms with Gasteiger partial charge in [0.25, 0.3) is 0 Å². The molecular formula is C28H42N2O6. The van der Waals surface area contributed by atoms with Crippen molar-refractivity contribution in [1.29, 1.82) is 0 Å². The zero-order valence-electron chi connectivity index (χ0n) is 22.3. The van der Waals surface area contributed by atoms with Crippen LogP contribution in [0, 0.1) is 5.92 Å². The van der Waals surface area contributed by atoms with E-state index in [2.05, 4.69) is 29.7 Å². The maximum atomic E-state index is 13.0. The van der Waals surface area contributed by atoms with Crippen molar-refractivity contribution in [2.24, 2.45) is 5.92 Å². The van der Waals surface area contributed by atoms with Crippen molar-refractivity contribution in [3.8, 4) is 0 Å². The summed E-state index contributed by atoms with van der Waals surface area (Å²) in [5.41, 5.74) is 2.12. The van der Waals surface area contributed by atoms with Gasteiger partial charge in [0.2, 0.25) is 0 Å². The van der Waals surface area contributed by atoms with Crippen LogP contribution in [0.3, 0.4) is 0 Å². The fraction of sp³-hybridized carbons (Fsp3) is 0.750. The third-order valence-electron chi connectivity index (χ3n) is 7.97. The third kappa shape index (κ3) is 5.73. The van der Waals surface area contributed by atoms with Crippen molar-refractivity contribution in [1.82, 2.24) is 5.32 Å². The molecule has 1 aromatic carbocycles. The molecule has 0 radical (unpaired) electrons. The lowest BCUT2D eigenvalue weighted by atomic mass is 9.77. The lowest BCUT2D eigenvalue weighted by Crippen LogP contribution is -2.53. The smallest absolute Gasteiger partial charge is 0.319 e. The summed E-state index contributed by atoms with van der Waals surface area (Å²) in [4.78, 5) is 13.0. The molecule has 1 aromatic rings. The standard InChI is InChI=1S/C28H42N2O6/c1-6-7-17-8-10-18(11-9-17)19-12-14-20(15-13-19)29-26(31)30-22-23(21-16-32-27(2,3)34-21)33-25-24(22)35-28(4,5)36-25/h12-15,17-18,21-25H,6-11,16H2,1-5H3,(H2,29,30,31)/t17?,18?,21-,22-,23-,24-,25-/m1/s1. The predicted octanol–water partition coefficient (Wildman–Crippen LogP) is 5.28. The Morgan fingerprint density at radius 2 is 1.67 bits per heavy atom. The third-order valence-corrected chi connectivity index (χ3v) is 7.97. The molecule has 1 aliphatic carbocycles. The van der Waals surface area contributed by atoms with Crippen molar-refractivity contribution < 1.29 is 28.5 Å². The Bertz CT molecular complexity index is 911. The molecule has 200 valence electrons. The van der Waals surface area contributed by atoms with Crippen LogP contribution >= 0.6 is 0 Å².